The molecule has 0 atom stereocenters. The van der Waals surface area contributed by atoms with Crippen LogP contribution in [0.2, 0.25) is 0 Å². The van der Waals surface area contributed by atoms with E-state index in [1.165, 1.54) is 19.8 Å². The molecule has 17 heavy (non-hydrogen) atoms. The number of rotatable bonds is 1. The third-order valence-corrected chi connectivity index (χ3v) is 2.65. The summed E-state index contributed by atoms with van der Waals surface area (Å²) in [4.78, 5) is 13.1. The van der Waals surface area contributed by atoms with Crippen molar-refractivity contribution in [2.45, 2.75) is 19.8 Å². The smallest absolute Gasteiger partial charge is 0.221 e. The third-order valence-electron chi connectivity index (χ3n) is 2.65. The van der Waals surface area contributed by atoms with Crippen molar-refractivity contribution in [2.75, 3.05) is 18.4 Å². The molecule has 0 saturated carbocycles. The average Bonchev–Trinajstić information content (AvgIpc) is 2.79. The van der Waals surface area contributed by atoms with Crippen LogP contribution in [-0.4, -0.2) is 23.9 Å². The van der Waals surface area contributed by atoms with Crippen molar-refractivity contribution in [3.05, 3.63) is 29.8 Å². The number of carbonyl (C=O) groups excluding carboxylic acids is 1. The molecule has 1 aromatic rings. The molecule has 1 aliphatic heterocycles. The number of benzene rings is 1. The van der Waals surface area contributed by atoms with Crippen LogP contribution in [0.5, 0.6) is 0 Å². The summed E-state index contributed by atoms with van der Waals surface area (Å²) in [5.41, 5.74) is 1.73. The number of anilines is 1. The molecular weight excluding hydrogens is 212 g/mol. The van der Waals surface area contributed by atoms with E-state index in [1.807, 2.05) is 24.3 Å². The maximum Gasteiger partial charge on any atom is 0.221 e. The van der Waals surface area contributed by atoms with E-state index < -0.39 is 0 Å². The van der Waals surface area contributed by atoms with Gasteiger partial charge in [-0.05, 0) is 37.0 Å². The Labute approximate surface area is 102 Å². The molecule has 1 aliphatic rings. The van der Waals surface area contributed by atoms with E-state index in [-0.39, 0.29) is 5.91 Å². The Morgan fingerprint density at radius 3 is 2.82 bits per heavy atom. The monoisotopic (exact) mass is 228 g/mol. The average molecular weight is 228 g/mol. The first-order valence-electron chi connectivity index (χ1n) is 5.88. The second-order valence-corrected chi connectivity index (χ2v) is 4.19. The van der Waals surface area contributed by atoms with Gasteiger partial charge in [-0.25, -0.2) is 0 Å². The van der Waals surface area contributed by atoms with Gasteiger partial charge in [-0.15, -0.1) is 0 Å². The summed E-state index contributed by atoms with van der Waals surface area (Å²) >= 11 is 0. The lowest BCUT2D eigenvalue weighted by molar-refractivity contribution is -0.114. The standard InChI is InChI=1S/C14H16N2O/c1-12(17)15-14-6-4-5-13(11-14)7-10-16-8-2-3-9-16/h4-6,11H,2-3,8-9H2,1H3,(H,15,17). The normalized spacial score (nSPS) is 14.1. The van der Waals surface area contributed by atoms with Gasteiger partial charge in [0.15, 0.2) is 0 Å². The molecule has 1 amide bonds. The minimum absolute atomic E-state index is 0.0605. The predicted octanol–water partition coefficient (Wildman–Crippen LogP) is 2.05. The van der Waals surface area contributed by atoms with Crippen LogP contribution in [0.3, 0.4) is 0 Å². The van der Waals surface area contributed by atoms with Gasteiger partial charge in [0.1, 0.15) is 0 Å². The van der Waals surface area contributed by atoms with Crippen LogP contribution >= 0.6 is 0 Å². The van der Waals surface area contributed by atoms with Crippen molar-refractivity contribution in [2.24, 2.45) is 0 Å². The van der Waals surface area contributed by atoms with Gasteiger partial charge in [0.2, 0.25) is 5.91 Å². The number of likely N-dealkylation sites (tertiary alicyclic amines) is 1. The summed E-state index contributed by atoms with van der Waals surface area (Å²) in [5, 5.41) is 2.75. The minimum Gasteiger partial charge on any atom is -0.332 e. The highest BCUT2D eigenvalue weighted by molar-refractivity contribution is 5.88. The third kappa shape index (κ3) is 3.53. The molecule has 0 spiro atoms. The molecule has 0 unspecified atom stereocenters. The van der Waals surface area contributed by atoms with Crippen LogP contribution < -0.4 is 5.32 Å². The largest absolute Gasteiger partial charge is 0.332 e. The highest BCUT2D eigenvalue weighted by Crippen LogP contribution is 2.10. The molecule has 0 radical (unpaired) electrons. The Balaban J connectivity index is 2.07. The fraction of sp³-hybridized carbons (Fsp3) is 0.357. The Hall–Kier alpha value is -1.95. The van der Waals surface area contributed by atoms with Crippen LogP contribution in [0.1, 0.15) is 25.3 Å². The molecule has 0 aliphatic carbocycles. The van der Waals surface area contributed by atoms with Crippen molar-refractivity contribution in [3.8, 4) is 12.0 Å². The maximum absolute atomic E-state index is 10.9. The second-order valence-electron chi connectivity index (χ2n) is 4.19. The predicted molar refractivity (Wildman–Crippen MR) is 68.4 cm³/mol. The van der Waals surface area contributed by atoms with Crippen molar-refractivity contribution in [1.82, 2.24) is 4.90 Å². The second kappa shape index (κ2) is 5.40. The first kappa shape index (κ1) is 11.5. The van der Waals surface area contributed by atoms with Crippen molar-refractivity contribution in [1.29, 1.82) is 0 Å². The summed E-state index contributed by atoms with van der Waals surface area (Å²) in [5.74, 6) is 3.06. The molecule has 88 valence electrons. The summed E-state index contributed by atoms with van der Waals surface area (Å²) in [7, 11) is 0. The lowest BCUT2D eigenvalue weighted by Gasteiger charge is -2.05. The zero-order valence-electron chi connectivity index (χ0n) is 9.99. The molecule has 2 rings (SSSR count). The van der Waals surface area contributed by atoms with Gasteiger partial charge in [0.25, 0.3) is 0 Å². The number of amides is 1. The van der Waals surface area contributed by atoms with Crippen LogP contribution in [0.15, 0.2) is 24.3 Å². The fourth-order valence-corrected chi connectivity index (χ4v) is 1.85. The van der Waals surface area contributed by atoms with E-state index in [0.717, 1.165) is 24.3 Å². The molecule has 0 bridgehead atoms. The first-order valence-corrected chi connectivity index (χ1v) is 5.88. The molecular formula is C14H16N2O. The molecule has 3 heteroatoms. The van der Waals surface area contributed by atoms with E-state index in [9.17, 15) is 4.79 Å². The van der Waals surface area contributed by atoms with Gasteiger partial charge in [0, 0.05) is 37.3 Å². The lowest BCUT2D eigenvalue weighted by atomic mass is 10.2. The Morgan fingerprint density at radius 2 is 2.12 bits per heavy atom. The van der Waals surface area contributed by atoms with Gasteiger partial charge < -0.3 is 10.2 Å². The topological polar surface area (TPSA) is 32.3 Å². The van der Waals surface area contributed by atoms with Crippen LogP contribution in [0.25, 0.3) is 0 Å². The van der Waals surface area contributed by atoms with E-state index >= 15 is 0 Å². The van der Waals surface area contributed by atoms with Gasteiger partial charge in [-0.1, -0.05) is 6.07 Å². The van der Waals surface area contributed by atoms with Crippen molar-refractivity contribution >= 4 is 11.6 Å². The zero-order chi connectivity index (χ0) is 12.1. The molecule has 1 heterocycles. The minimum atomic E-state index is -0.0605. The highest BCUT2D eigenvalue weighted by Gasteiger charge is 2.06. The van der Waals surface area contributed by atoms with Crippen LogP contribution in [0.4, 0.5) is 5.69 Å². The van der Waals surface area contributed by atoms with E-state index in [4.69, 9.17) is 0 Å². The summed E-state index contributed by atoms with van der Waals surface area (Å²) in [6, 6.07) is 10.8. The SMILES string of the molecule is CC(=O)Nc1cccc(C#CN2CCCC2)c1. The van der Waals surface area contributed by atoms with Crippen LogP contribution in [0, 0.1) is 12.0 Å². The van der Waals surface area contributed by atoms with Gasteiger partial charge in [-0.2, -0.15) is 0 Å². The Kier molecular flexibility index (Phi) is 3.66. The molecule has 1 fully saturated rings. The number of carbonyl (C=O) groups is 1. The Bertz CT molecular complexity index is 465. The number of nitrogens with one attached hydrogen (secondary N) is 1. The molecule has 0 aromatic heterocycles. The number of nitrogens with zero attached hydrogens (tertiary/aromatic N) is 1. The van der Waals surface area contributed by atoms with E-state index in [0.29, 0.717) is 0 Å². The van der Waals surface area contributed by atoms with Crippen molar-refractivity contribution in [3.63, 3.8) is 0 Å². The lowest BCUT2D eigenvalue weighted by Crippen LogP contribution is -2.11. The van der Waals surface area contributed by atoms with Gasteiger partial charge in [0.05, 0.1) is 0 Å². The van der Waals surface area contributed by atoms with Gasteiger partial charge >= 0.3 is 0 Å². The first-order chi connectivity index (χ1) is 8.24. The van der Waals surface area contributed by atoms with E-state index in [1.54, 1.807) is 0 Å². The molecule has 1 saturated heterocycles. The summed E-state index contributed by atoms with van der Waals surface area (Å²) in [6.07, 6.45) is 2.47. The molecule has 1 N–H and O–H groups in total. The maximum atomic E-state index is 10.9. The summed E-state index contributed by atoms with van der Waals surface area (Å²) in [6.45, 7) is 3.64. The van der Waals surface area contributed by atoms with Gasteiger partial charge in [-0.3, -0.25) is 4.79 Å². The molecule has 3 nitrogen and oxygen atoms in total. The van der Waals surface area contributed by atoms with Crippen molar-refractivity contribution < 1.29 is 4.79 Å². The zero-order valence-corrected chi connectivity index (χ0v) is 9.99. The Morgan fingerprint density at radius 1 is 1.35 bits per heavy atom. The van der Waals surface area contributed by atoms with E-state index in [2.05, 4.69) is 22.2 Å². The quantitative estimate of drug-likeness (QED) is 0.746. The molecule has 1 aromatic carbocycles. The van der Waals surface area contributed by atoms with Crippen LogP contribution in [-0.2, 0) is 4.79 Å². The number of hydrogen-bond donors (Lipinski definition) is 1. The number of hydrogen-bond acceptors (Lipinski definition) is 2. The highest BCUT2D eigenvalue weighted by atomic mass is 16.1. The fourth-order valence-electron chi connectivity index (χ4n) is 1.85. The summed E-state index contributed by atoms with van der Waals surface area (Å²) < 4.78 is 0.